The van der Waals surface area contributed by atoms with Crippen molar-refractivity contribution < 1.29 is 18.0 Å². The van der Waals surface area contributed by atoms with Gasteiger partial charge in [0.2, 0.25) is 5.91 Å². The van der Waals surface area contributed by atoms with E-state index in [4.69, 9.17) is 0 Å². The summed E-state index contributed by atoms with van der Waals surface area (Å²) >= 11 is -0.0481. The summed E-state index contributed by atoms with van der Waals surface area (Å²) in [6.45, 7) is 2.19. The lowest BCUT2D eigenvalue weighted by atomic mass is 9.98. The van der Waals surface area contributed by atoms with Gasteiger partial charge in [0.25, 0.3) is 0 Å². The van der Waals surface area contributed by atoms with E-state index < -0.39 is 11.0 Å². The maximum Gasteiger partial charge on any atom is 0.441 e. The standard InChI is InChI=1S/C13H21F3N2OS/c1-2-5-10-17-12(6-3-4-7-12)11(19)18(10)8-9-20-13(14,15)16/h10,17H,2-9H2,1H3. The van der Waals surface area contributed by atoms with Gasteiger partial charge in [-0.15, -0.1) is 0 Å². The van der Waals surface area contributed by atoms with Crippen LogP contribution in [0.25, 0.3) is 0 Å². The number of carbonyl (C=O) groups is 1. The van der Waals surface area contributed by atoms with E-state index in [-0.39, 0.29) is 36.1 Å². The molecule has 116 valence electrons. The molecule has 1 spiro atoms. The minimum atomic E-state index is -4.22. The van der Waals surface area contributed by atoms with E-state index in [1.807, 2.05) is 6.92 Å². The predicted octanol–water partition coefficient (Wildman–Crippen LogP) is 3.11. The monoisotopic (exact) mass is 310 g/mol. The van der Waals surface area contributed by atoms with Crippen molar-refractivity contribution in [2.24, 2.45) is 0 Å². The molecule has 0 bridgehead atoms. The van der Waals surface area contributed by atoms with Crippen molar-refractivity contribution in [2.45, 2.75) is 62.7 Å². The Hall–Kier alpha value is -0.430. The molecule has 0 radical (unpaired) electrons. The van der Waals surface area contributed by atoms with Gasteiger partial charge in [0.1, 0.15) is 0 Å². The molecule has 1 unspecified atom stereocenters. The van der Waals surface area contributed by atoms with Crippen LogP contribution in [0.2, 0.25) is 0 Å². The number of amides is 1. The van der Waals surface area contributed by atoms with E-state index in [1.54, 1.807) is 4.90 Å². The van der Waals surface area contributed by atoms with Gasteiger partial charge in [-0.25, -0.2) is 0 Å². The minimum Gasteiger partial charge on any atom is -0.325 e. The Balaban J connectivity index is 1.98. The molecular formula is C13H21F3N2OS. The normalized spacial score (nSPS) is 25.9. The number of hydrogen-bond acceptors (Lipinski definition) is 3. The molecule has 1 saturated heterocycles. The second kappa shape index (κ2) is 6.13. The lowest BCUT2D eigenvalue weighted by Gasteiger charge is -2.23. The quantitative estimate of drug-likeness (QED) is 0.847. The van der Waals surface area contributed by atoms with Crippen LogP contribution in [0, 0.1) is 0 Å². The van der Waals surface area contributed by atoms with Crippen LogP contribution in [0.5, 0.6) is 0 Å². The number of nitrogens with one attached hydrogen (secondary N) is 1. The topological polar surface area (TPSA) is 32.3 Å². The molecule has 1 atom stereocenters. The molecule has 3 nitrogen and oxygen atoms in total. The lowest BCUT2D eigenvalue weighted by Crippen LogP contribution is -2.44. The fraction of sp³-hybridized carbons (Fsp3) is 0.923. The van der Waals surface area contributed by atoms with E-state index in [0.717, 1.165) is 38.5 Å². The highest BCUT2D eigenvalue weighted by atomic mass is 32.2. The van der Waals surface area contributed by atoms with Gasteiger partial charge in [0.15, 0.2) is 0 Å². The average molecular weight is 310 g/mol. The summed E-state index contributed by atoms with van der Waals surface area (Å²) < 4.78 is 36.6. The van der Waals surface area contributed by atoms with Gasteiger partial charge in [0, 0.05) is 12.3 Å². The van der Waals surface area contributed by atoms with E-state index >= 15 is 0 Å². The van der Waals surface area contributed by atoms with Gasteiger partial charge < -0.3 is 4.90 Å². The molecule has 2 rings (SSSR count). The second-order valence-corrected chi connectivity index (χ2v) is 6.69. The predicted molar refractivity (Wildman–Crippen MR) is 73.3 cm³/mol. The second-order valence-electron chi connectivity index (χ2n) is 5.53. The average Bonchev–Trinajstić information content (AvgIpc) is 2.90. The molecule has 2 fully saturated rings. The summed E-state index contributed by atoms with van der Waals surface area (Å²) in [5, 5.41) is 3.40. The van der Waals surface area contributed by atoms with Gasteiger partial charge in [0.05, 0.1) is 11.7 Å². The van der Waals surface area contributed by atoms with Crippen LogP contribution in [0.1, 0.15) is 45.4 Å². The van der Waals surface area contributed by atoms with Crippen LogP contribution in [0.4, 0.5) is 13.2 Å². The summed E-state index contributed by atoms with van der Waals surface area (Å²) in [6.07, 6.45) is 5.27. The van der Waals surface area contributed by atoms with E-state index in [1.165, 1.54) is 0 Å². The molecule has 0 aromatic heterocycles. The Kier molecular flexibility index (Phi) is 4.89. The zero-order chi connectivity index (χ0) is 14.8. The molecule has 1 amide bonds. The van der Waals surface area contributed by atoms with Crippen molar-refractivity contribution in [1.82, 2.24) is 10.2 Å². The van der Waals surface area contributed by atoms with E-state index in [9.17, 15) is 18.0 Å². The Labute approximate surface area is 121 Å². The Bertz CT molecular complexity index is 356. The van der Waals surface area contributed by atoms with Gasteiger partial charge >= 0.3 is 5.51 Å². The lowest BCUT2D eigenvalue weighted by molar-refractivity contribution is -0.133. The fourth-order valence-electron chi connectivity index (χ4n) is 3.23. The summed E-state index contributed by atoms with van der Waals surface area (Å²) in [5.74, 6) is -0.0797. The molecule has 1 saturated carbocycles. The summed E-state index contributed by atoms with van der Waals surface area (Å²) in [4.78, 5) is 14.2. The highest BCUT2D eigenvalue weighted by Crippen LogP contribution is 2.38. The van der Waals surface area contributed by atoms with Crippen molar-refractivity contribution in [2.75, 3.05) is 12.3 Å². The van der Waals surface area contributed by atoms with Gasteiger partial charge in [-0.05, 0) is 31.0 Å². The summed E-state index contributed by atoms with van der Waals surface area (Å²) in [7, 11) is 0. The van der Waals surface area contributed by atoms with Gasteiger partial charge in [-0.2, -0.15) is 13.2 Å². The highest BCUT2D eigenvalue weighted by molar-refractivity contribution is 8.00. The maximum atomic E-state index is 12.5. The zero-order valence-electron chi connectivity index (χ0n) is 11.6. The summed E-state index contributed by atoms with van der Waals surface area (Å²) in [5.41, 5.74) is -4.70. The molecule has 7 heteroatoms. The first-order valence-corrected chi connectivity index (χ1v) is 8.16. The fourth-order valence-corrected chi connectivity index (χ4v) is 3.75. The first-order chi connectivity index (χ1) is 9.38. The van der Waals surface area contributed by atoms with Crippen molar-refractivity contribution in [3.8, 4) is 0 Å². The third-order valence-corrected chi connectivity index (χ3v) is 4.82. The molecule has 1 aliphatic carbocycles. The van der Waals surface area contributed by atoms with Crippen molar-refractivity contribution >= 4 is 17.7 Å². The largest absolute Gasteiger partial charge is 0.441 e. The molecule has 0 aromatic rings. The van der Waals surface area contributed by atoms with E-state index in [2.05, 4.69) is 5.32 Å². The van der Waals surface area contributed by atoms with Crippen molar-refractivity contribution in [3.05, 3.63) is 0 Å². The number of nitrogens with zero attached hydrogens (tertiary/aromatic N) is 1. The Morgan fingerprint density at radius 2 is 2.05 bits per heavy atom. The smallest absolute Gasteiger partial charge is 0.325 e. The number of alkyl halides is 3. The Morgan fingerprint density at radius 1 is 1.40 bits per heavy atom. The molecule has 0 aromatic carbocycles. The SMILES string of the molecule is CCCC1NC2(CCCC2)C(=O)N1CCSC(F)(F)F. The minimum absolute atomic E-state index is 0.0104. The van der Waals surface area contributed by atoms with Crippen LogP contribution in [0.15, 0.2) is 0 Å². The number of hydrogen-bond donors (Lipinski definition) is 1. The third kappa shape index (κ3) is 3.42. The molecule has 1 heterocycles. The molecular weight excluding hydrogens is 289 g/mol. The first kappa shape index (κ1) is 15.9. The number of halogens is 3. The van der Waals surface area contributed by atoms with Crippen LogP contribution in [-0.4, -0.2) is 40.3 Å². The van der Waals surface area contributed by atoms with Crippen LogP contribution >= 0.6 is 11.8 Å². The number of thioether (sulfide) groups is 1. The molecule has 20 heavy (non-hydrogen) atoms. The highest BCUT2D eigenvalue weighted by Gasteiger charge is 2.51. The first-order valence-electron chi connectivity index (χ1n) is 7.17. The van der Waals surface area contributed by atoms with Crippen LogP contribution in [-0.2, 0) is 4.79 Å². The maximum absolute atomic E-state index is 12.5. The third-order valence-electron chi connectivity index (χ3n) is 4.11. The van der Waals surface area contributed by atoms with Gasteiger partial charge in [-0.1, -0.05) is 26.2 Å². The van der Waals surface area contributed by atoms with E-state index in [0.29, 0.717) is 0 Å². The number of rotatable bonds is 5. The van der Waals surface area contributed by atoms with Crippen LogP contribution < -0.4 is 5.32 Å². The molecule has 2 aliphatic rings. The molecule has 1 N–H and O–H groups in total. The Morgan fingerprint density at radius 3 is 2.60 bits per heavy atom. The zero-order valence-corrected chi connectivity index (χ0v) is 12.4. The van der Waals surface area contributed by atoms with Crippen LogP contribution in [0.3, 0.4) is 0 Å². The van der Waals surface area contributed by atoms with Gasteiger partial charge in [-0.3, -0.25) is 10.1 Å². The van der Waals surface area contributed by atoms with Crippen molar-refractivity contribution in [3.63, 3.8) is 0 Å². The summed E-state index contributed by atoms with van der Waals surface area (Å²) in [6, 6.07) is 0. The molecule has 1 aliphatic heterocycles. The number of carbonyl (C=O) groups excluding carboxylic acids is 1. The van der Waals surface area contributed by atoms with Crippen molar-refractivity contribution in [1.29, 1.82) is 0 Å².